The van der Waals surface area contributed by atoms with Crippen LogP contribution in [0.15, 0.2) is 77.3 Å². The van der Waals surface area contributed by atoms with Gasteiger partial charge in [0.15, 0.2) is 5.11 Å². The number of hydrogen-bond acceptors (Lipinski definition) is 4. The van der Waals surface area contributed by atoms with E-state index in [1.807, 2.05) is 60.7 Å². The van der Waals surface area contributed by atoms with Gasteiger partial charge in [0.05, 0.1) is 12.2 Å². The van der Waals surface area contributed by atoms with Crippen LogP contribution in [0.25, 0.3) is 0 Å². The first-order valence-corrected chi connectivity index (χ1v) is 11.6. The number of unbranched alkanes of at least 4 members (excludes halogenated alkanes) is 1. The molecule has 0 heterocycles. The first kappa shape index (κ1) is 23.8. The number of benzene rings is 3. The van der Waals surface area contributed by atoms with Crippen LogP contribution in [0.3, 0.4) is 0 Å². The number of halogens is 1. The summed E-state index contributed by atoms with van der Waals surface area (Å²) >= 11 is 8.72. The summed E-state index contributed by atoms with van der Waals surface area (Å²) < 4.78 is 12.3. The smallest absolute Gasteiger partial charge is 0.261 e. The molecule has 1 amide bonds. The number of carbonyl (C=O) groups is 1. The fourth-order valence-corrected chi connectivity index (χ4v) is 3.41. The number of ether oxygens (including phenoxy) is 2. The first-order valence-electron chi connectivity index (χ1n) is 10.4. The normalized spacial score (nSPS) is 10.3. The molecule has 0 spiro atoms. The molecule has 166 valence electrons. The van der Waals surface area contributed by atoms with Gasteiger partial charge in [-0.2, -0.15) is 0 Å². The second-order valence-corrected chi connectivity index (χ2v) is 8.37. The third kappa shape index (κ3) is 7.35. The minimum absolute atomic E-state index is 0.201. The number of anilines is 1. The Kier molecular flexibility index (Phi) is 9.07. The molecule has 0 saturated carbocycles. The van der Waals surface area contributed by atoms with Gasteiger partial charge in [-0.15, -0.1) is 0 Å². The fraction of sp³-hybridized carbons (Fsp3) is 0.200. The van der Waals surface area contributed by atoms with E-state index in [4.69, 9.17) is 21.7 Å². The van der Waals surface area contributed by atoms with Gasteiger partial charge in [-0.1, -0.05) is 59.6 Å². The van der Waals surface area contributed by atoms with E-state index >= 15 is 0 Å². The maximum absolute atomic E-state index is 12.8. The summed E-state index contributed by atoms with van der Waals surface area (Å²) in [5.74, 6) is 0.942. The molecule has 2 N–H and O–H groups in total. The standard InChI is InChI=1S/C25H25BrN2O3S/c1-2-3-15-30-23-14-9-19(26)16-22(23)24(29)28-25(32)27-20-10-12-21(13-11-20)31-17-18-7-5-4-6-8-18/h4-14,16H,2-3,15,17H2,1H3,(H2,27,28,29,32). The van der Waals surface area contributed by atoms with E-state index in [-0.39, 0.29) is 11.0 Å². The average Bonchev–Trinajstić information content (AvgIpc) is 2.80. The van der Waals surface area contributed by atoms with Crippen LogP contribution in [-0.4, -0.2) is 17.6 Å². The minimum Gasteiger partial charge on any atom is -0.493 e. The van der Waals surface area contributed by atoms with Gasteiger partial charge in [0.2, 0.25) is 0 Å². The average molecular weight is 513 g/mol. The zero-order chi connectivity index (χ0) is 22.8. The van der Waals surface area contributed by atoms with Crippen LogP contribution >= 0.6 is 28.1 Å². The molecule has 3 aromatic rings. The highest BCUT2D eigenvalue weighted by Crippen LogP contribution is 2.24. The van der Waals surface area contributed by atoms with E-state index in [9.17, 15) is 4.79 Å². The van der Waals surface area contributed by atoms with Gasteiger partial charge in [-0.05, 0) is 66.7 Å². The Morgan fingerprint density at radius 3 is 2.47 bits per heavy atom. The number of amides is 1. The molecule has 0 aliphatic heterocycles. The molecular weight excluding hydrogens is 488 g/mol. The van der Waals surface area contributed by atoms with Crippen molar-refractivity contribution in [2.75, 3.05) is 11.9 Å². The Labute approximate surface area is 202 Å². The molecule has 0 fully saturated rings. The molecule has 3 aromatic carbocycles. The van der Waals surface area contributed by atoms with Crippen molar-refractivity contribution in [3.05, 3.63) is 88.4 Å². The number of nitrogens with one attached hydrogen (secondary N) is 2. The maximum atomic E-state index is 12.8. The van der Waals surface area contributed by atoms with Crippen molar-refractivity contribution in [1.82, 2.24) is 5.32 Å². The second-order valence-electron chi connectivity index (χ2n) is 7.05. The summed E-state index contributed by atoms with van der Waals surface area (Å²) in [5.41, 5.74) is 2.27. The molecule has 0 atom stereocenters. The molecule has 0 radical (unpaired) electrons. The van der Waals surface area contributed by atoms with Gasteiger partial charge < -0.3 is 14.8 Å². The minimum atomic E-state index is -0.335. The van der Waals surface area contributed by atoms with Crippen molar-refractivity contribution in [3.8, 4) is 11.5 Å². The molecule has 0 saturated heterocycles. The Hall–Kier alpha value is -2.90. The van der Waals surface area contributed by atoms with Crippen LogP contribution in [0.2, 0.25) is 0 Å². The summed E-state index contributed by atoms with van der Waals surface area (Å²) in [5, 5.41) is 5.94. The third-order valence-electron chi connectivity index (χ3n) is 4.53. The van der Waals surface area contributed by atoms with E-state index in [0.29, 0.717) is 24.5 Å². The molecule has 32 heavy (non-hydrogen) atoms. The highest BCUT2D eigenvalue weighted by atomic mass is 79.9. The summed E-state index contributed by atoms with van der Waals surface area (Å²) in [6.07, 6.45) is 1.93. The van der Waals surface area contributed by atoms with E-state index in [2.05, 4.69) is 33.5 Å². The van der Waals surface area contributed by atoms with Gasteiger partial charge in [0.1, 0.15) is 18.1 Å². The Bertz CT molecular complexity index is 1040. The lowest BCUT2D eigenvalue weighted by molar-refractivity contribution is 0.0973. The van der Waals surface area contributed by atoms with E-state index in [0.717, 1.165) is 34.3 Å². The summed E-state index contributed by atoms with van der Waals surface area (Å²) in [7, 11) is 0. The highest BCUT2D eigenvalue weighted by molar-refractivity contribution is 9.10. The predicted octanol–water partition coefficient (Wildman–Crippen LogP) is 6.33. The predicted molar refractivity (Wildman–Crippen MR) is 135 cm³/mol. The lowest BCUT2D eigenvalue weighted by Gasteiger charge is -2.14. The molecule has 0 aliphatic carbocycles. The topological polar surface area (TPSA) is 59.6 Å². The van der Waals surface area contributed by atoms with E-state index < -0.39 is 0 Å². The van der Waals surface area contributed by atoms with Gasteiger partial charge >= 0.3 is 0 Å². The Morgan fingerprint density at radius 1 is 1.00 bits per heavy atom. The molecule has 3 rings (SSSR count). The number of hydrogen-bond donors (Lipinski definition) is 2. The van der Waals surface area contributed by atoms with Crippen molar-refractivity contribution in [3.63, 3.8) is 0 Å². The monoisotopic (exact) mass is 512 g/mol. The van der Waals surface area contributed by atoms with Crippen molar-refractivity contribution in [2.24, 2.45) is 0 Å². The van der Waals surface area contributed by atoms with E-state index in [1.54, 1.807) is 12.1 Å². The maximum Gasteiger partial charge on any atom is 0.261 e. The van der Waals surface area contributed by atoms with Crippen molar-refractivity contribution < 1.29 is 14.3 Å². The molecule has 7 heteroatoms. The van der Waals surface area contributed by atoms with Gasteiger partial charge in [0.25, 0.3) is 5.91 Å². The highest BCUT2D eigenvalue weighted by Gasteiger charge is 2.15. The van der Waals surface area contributed by atoms with Gasteiger partial charge in [-0.25, -0.2) is 0 Å². The molecule has 0 aromatic heterocycles. The molecule has 5 nitrogen and oxygen atoms in total. The van der Waals surface area contributed by atoms with Crippen LogP contribution < -0.4 is 20.1 Å². The van der Waals surface area contributed by atoms with Crippen LogP contribution in [0.1, 0.15) is 35.7 Å². The summed E-state index contributed by atoms with van der Waals surface area (Å²) in [6, 6.07) is 22.7. The Balaban J connectivity index is 1.55. The fourth-order valence-electron chi connectivity index (χ4n) is 2.84. The van der Waals surface area contributed by atoms with Crippen molar-refractivity contribution in [2.45, 2.75) is 26.4 Å². The van der Waals surface area contributed by atoms with Gasteiger partial charge in [0, 0.05) is 10.2 Å². The summed E-state index contributed by atoms with van der Waals surface area (Å²) in [6.45, 7) is 3.14. The molecule has 0 bridgehead atoms. The van der Waals surface area contributed by atoms with Crippen LogP contribution in [0.5, 0.6) is 11.5 Å². The molecular formula is C25H25BrN2O3S. The van der Waals surface area contributed by atoms with Crippen LogP contribution in [0, 0.1) is 0 Å². The number of rotatable bonds is 9. The van der Waals surface area contributed by atoms with Gasteiger partial charge in [-0.3, -0.25) is 10.1 Å². The van der Waals surface area contributed by atoms with Crippen LogP contribution in [-0.2, 0) is 6.61 Å². The zero-order valence-corrected chi connectivity index (χ0v) is 20.2. The van der Waals surface area contributed by atoms with Crippen molar-refractivity contribution >= 4 is 44.9 Å². The number of thiocarbonyl (C=S) groups is 1. The largest absolute Gasteiger partial charge is 0.493 e. The number of carbonyl (C=O) groups excluding carboxylic acids is 1. The summed E-state index contributed by atoms with van der Waals surface area (Å²) in [4.78, 5) is 12.8. The second kappa shape index (κ2) is 12.2. The quantitative estimate of drug-likeness (QED) is 0.259. The molecule has 0 unspecified atom stereocenters. The lowest BCUT2D eigenvalue weighted by Crippen LogP contribution is -2.34. The molecule has 0 aliphatic rings. The third-order valence-corrected chi connectivity index (χ3v) is 5.23. The van der Waals surface area contributed by atoms with Crippen molar-refractivity contribution in [1.29, 1.82) is 0 Å². The SMILES string of the molecule is CCCCOc1ccc(Br)cc1C(=O)NC(=S)Nc1ccc(OCc2ccccc2)cc1. The lowest BCUT2D eigenvalue weighted by atomic mass is 10.2. The van der Waals surface area contributed by atoms with Crippen LogP contribution in [0.4, 0.5) is 5.69 Å². The first-order chi connectivity index (χ1) is 15.5. The Morgan fingerprint density at radius 2 is 1.75 bits per heavy atom. The van der Waals surface area contributed by atoms with E-state index in [1.165, 1.54) is 0 Å². The zero-order valence-electron chi connectivity index (χ0n) is 17.8.